The van der Waals surface area contributed by atoms with E-state index in [2.05, 4.69) is 5.32 Å². The van der Waals surface area contributed by atoms with Crippen molar-refractivity contribution in [1.29, 1.82) is 5.26 Å². The lowest BCUT2D eigenvalue weighted by atomic mass is 10.1. The van der Waals surface area contributed by atoms with Crippen molar-refractivity contribution in [3.8, 4) is 11.8 Å². The van der Waals surface area contributed by atoms with E-state index < -0.39 is 5.91 Å². The van der Waals surface area contributed by atoms with Gasteiger partial charge in [0, 0.05) is 5.69 Å². The van der Waals surface area contributed by atoms with Crippen LogP contribution >= 0.6 is 22.6 Å². The van der Waals surface area contributed by atoms with Crippen molar-refractivity contribution in [3.63, 3.8) is 0 Å². The smallest absolute Gasteiger partial charge is 0.266 e. The summed E-state index contributed by atoms with van der Waals surface area (Å²) in [6, 6.07) is 14.1. The van der Waals surface area contributed by atoms with Gasteiger partial charge in [-0.05, 0) is 65.4 Å². The van der Waals surface area contributed by atoms with Crippen LogP contribution < -0.4 is 5.32 Å². The summed E-state index contributed by atoms with van der Waals surface area (Å²) >= 11 is 1.99. The Labute approximate surface area is 142 Å². The third-order valence-corrected chi connectivity index (χ3v) is 3.82. The van der Waals surface area contributed by atoms with Crippen LogP contribution in [0.15, 0.2) is 48.0 Å². The number of aromatic hydroxyl groups is 1. The maximum atomic E-state index is 12.1. The van der Waals surface area contributed by atoms with Crippen LogP contribution in [0.5, 0.6) is 5.75 Å². The van der Waals surface area contributed by atoms with E-state index in [0.717, 1.165) is 5.56 Å². The van der Waals surface area contributed by atoms with E-state index in [9.17, 15) is 15.2 Å². The minimum Gasteiger partial charge on any atom is -0.507 e. The number of rotatable bonds is 3. The highest BCUT2D eigenvalue weighted by Gasteiger charge is 2.10. The number of nitrogens with one attached hydrogen (secondary N) is 1. The molecule has 0 fully saturated rings. The summed E-state index contributed by atoms with van der Waals surface area (Å²) in [5.74, 6) is -0.296. The summed E-state index contributed by atoms with van der Waals surface area (Å²) in [5.41, 5.74) is 2.41. The average Bonchev–Trinajstić information content (AvgIpc) is 2.50. The Morgan fingerprint density at radius 3 is 2.55 bits per heavy atom. The molecule has 110 valence electrons. The van der Waals surface area contributed by atoms with Crippen LogP contribution in [0.2, 0.25) is 0 Å². The molecule has 0 saturated carbocycles. The molecule has 0 saturated heterocycles. The van der Waals surface area contributed by atoms with Crippen molar-refractivity contribution in [1.82, 2.24) is 0 Å². The van der Waals surface area contributed by atoms with Crippen molar-refractivity contribution in [2.45, 2.75) is 6.92 Å². The number of anilines is 1. The zero-order valence-electron chi connectivity index (χ0n) is 11.8. The molecule has 2 aromatic rings. The summed E-state index contributed by atoms with van der Waals surface area (Å²) in [6.07, 6.45) is 1.49. The van der Waals surface area contributed by atoms with E-state index in [0.29, 0.717) is 14.8 Å². The SMILES string of the molecule is Cc1ccc(NC(=O)/C(C#N)=C/c2ccc(O)c(I)c2)cc1. The molecule has 0 aliphatic carbocycles. The number of phenolic OH excluding ortho intramolecular Hbond substituents is 1. The lowest BCUT2D eigenvalue weighted by molar-refractivity contribution is -0.112. The maximum Gasteiger partial charge on any atom is 0.266 e. The molecule has 2 rings (SSSR count). The molecule has 0 aromatic heterocycles. The van der Waals surface area contributed by atoms with Gasteiger partial charge in [-0.2, -0.15) is 5.26 Å². The first-order chi connectivity index (χ1) is 10.5. The van der Waals surface area contributed by atoms with Gasteiger partial charge < -0.3 is 10.4 Å². The van der Waals surface area contributed by atoms with E-state index in [-0.39, 0.29) is 11.3 Å². The van der Waals surface area contributed by atoms with Crippen LogP contribution in [-0.4, -0.2) is 11.0 Å². The minimum atomic E-state index is -0.463. The molecule has 0 aliphatic heterocycles. The van der Waals surface area contributed by atoms with Gasteiger partial charge in [-0.1, -0.05) is 23.8 Å². The lowest BCUT2D eigenvalue weighted by Crippen LogP contribution is -2.13. The highest BCUT2D eigenvalue weighted by Crippen LogP contribution is 2.21. The number of nitriles is 1. The molecule has 1 amide bonds. The number of hydrogen-bond acceptors (Lipinski definition) is 3. The molecule has 0 bridgehead atoms. The van der Waals surface area contributed by atoms with Crippen molar-refractivity contribution in [2.75, 3.05) is 5.32 Å². The molecule has 0 spiro atoms. The average molecular weight is 404 g/mol. The molecule has 0 unspecified atom stereocenters. The number of hydrogen-bond donors (Lipinski definition) is 2. The molecule has 22 heavy (non-hydrogen) atoms. The van der Waals surface area contributed by atoms with Crippen molar-refractivity contribution < 1.29 is 9.90 Å². The van der Waals surface area contributed by atoms with Gasteiger partial charge in [0.15, 0.2) is 0 Å². The van der Waals surface area contributed by atoms with E-state index in [1.165, 1.54) is 12.1 Å². The summed E-state index contributed by atoms with van der Waals surface area (Å²) < 4.78 is 0.655. The van der Waals surface area contributed by atoms with Gasteiger partial charge in [0.05, 0.1) is 3.57 Å². The summed E-state index contributed by atoms with van der Waals surface area (Å²) in [5, 5.41) is 21.3. The molecule has 2 N–H and O–H groups in total. The number of benzene rings is 2. The third kappa shape index (κ3) is 4.09. The Bertz CT molecular complexity index is 774. The van der Waals surface area contributed by atoms with E-state index in [1.54, 1.807) is 24.3 Å². The maximum absolute atomic E-state index is 12.1. The number of carbonyl (C=O) groups is 1. The Kier molecular flexibility index (Phi) is 5.17. The van der Waals surface area contributed by atoms with Crippen LogP contribution in [0.25, 0.3) is 6.08 Å². The fourth-order valence-electron chi connectivity index (χ4n) is 1.76. The first-order valence-corrected chi connectivity index (χ1v) is 7.56. The van der Waals surface area contributed by atoms with Crippen LogP contribution in [0.4, 0.5) is 5.69 Å². The Morgan fingerprint density at radius 2 is 1.95 bits per heavy atom. The third-order valence-electron chi connectivity index (χ3n) is 2.96. The van der Waals surface area contributed by atoms with Crippen LogP contribution in [0, 0.1) is 21.8 Å². The van der Waals surface area contributed by atoms with Gasteiger partial charge >= 0.3 is 0 Å². The second-order valence-corrected chi connectivity index (χ2v) is 5.86. The number of amides is 1. The summed E-state index contributed by atoms with van der Waals surface area (Å²) in [4.78, 5) is 12.1. The van der Waals surface area contributed by atoms with Gasteiger partial charge in [0.2, 0.25) is 0 Å². The number of nitrogens with zero attached hydrogens (tertiary/aromatic N) is 1. The topological polar surface area (TPSA) is 73.1 Å². The normalized spacial score (nSPS) is 10.9. The second kappa shape index (κ2) is 7.09. The molecule has 0 atom stereocenters. The largest absolute Gasteiger partial charge is 0.507 e. The molecule has 5 heteroatoms. The van der Waals surface area contributed by atoms with Crippen LogP contribution in [-0.2, 0) is 4.79 Å². The molecule has 4 nitrogen and oxygen atoms in total. The van der Waals surface area contributed by atoms with E-state index >= 15 is 0 Å². The lowest BCUT2D eigenvalue weighted by Gasteiger charge is -2.05. The second-order valence-electron chi connectivity index (χ2n) is 4.70. The quantitative estimate of drug-likeness (QED) is 0.464. The Hall–Kier alpha value is -2.33. The summed E-state index contributed by atoms with van der Waals surface area (Å²) in [6.45, 7) is 1.96. The molecular formula is C17H13IN2O2. The molecule has 0 heterocycles. The predicted molar refractivity (Wildman–Crippen MR) is 94.2 cm³/mol. The Balaban J connectivity index is 2.21. The monoisotopic (exact) mass is 404 g/mol. The number of phenols is 1. The minimum absolute atomic E-state index is 0.00191. The van der Waals surface area contributed by atoms with Gasteiger partial charge in [-0.3, -0.25) is 4.79 Å². The van der Waals surface area contributed by atoms with E-state index in [4.69, 9.17) is 0 Å². The first-order valence-electron chi connectivity index (χ1n) is 6.48. The fourth-order valence-corrected chi connectivity index (χ4v) is 2.30. The van der Waals surface area contributed by atoms with Gasteiger partial charge in [-0.25, -0.2) is 0 Å². The highest BCUT2D eigenvalue weighted by molar-refractivity contribution is 14.1. The zero-order chi connectivity index (χ0) is 16.1. The van der Waals surface area contributed by atoms with Gasteiger partial charge in [0.1, 0.15) is 17.4 Å². The fraction of sp³-hybridized carbons (Fsp3) is 0.0588. The van der Waals surface area contributed by atoms with Crippen LogP contribution in [0.1, 0.15) is 11.1 Å². The highest BCUT2D eigenvalue weighted by atomic mass is 127. The van der Waals surface area contributed by atoms with Crippen molar-refractivity contribution in [3.05, 3.63) is 62.7 Å². The number of carbonyl (C=O) groups excluding carboxylic acids is 1. The molecular weight excluding hydrogens is 391 g/mol. The Morgan fingerprint density at radius 1 is 1.27 bits per heavy atom. The van der Waals surface area contributed by atoms with E-state index in [1.807, 2.05) is 47.7 Å². The predicted octanol–water partition coefficient (Wildman–Crippen LogP) is 3.85. The summed E-state index contributed by atoms with van der Waals surface area (Å²) in [7, 11) is 0. The number of halogens is 1. The van der Waals surface area contributed by atoms with Gasteiger partial charge in [0.25, 0.3) is 5.91 Å². The molecule has 2 aromatic carbocycles. The first kappa shape index (κ1) is 16.0. The van der Waals surface area contributed by atoms with Crippen molar-refractivity contribution in [2.24, 2.45) is 0 Å². The van der Waals surface area contributed by atoms with Crippen LogP contribution in [0.3, 0.4) is 0 Å². The zero-order valence-corrected chi connectivity index (χ0v) is 14.0. The van der Waals surface area contributed by atoms with Gasteiger partial charge in [-0.15, -0.1) is 0 Å². The van der Waals surface area contributed by atoms with Crippen molar-refractivity contribution >= 4 is 40.3 Å². The standard InChI is InChI=1S/C17H13IN2O2/c1-11-2-5-14(6-3-11)20-17(22)13(10-19)8-12-4-7-16(21)15(18)9-12/h2-9,21H,1H3,(H,20,22)/b13-8+. The number of aryl methyl sites for hydroxylation is 1. The molecule has 0 aliphatic rings. The molecule has 0 radical (unpaired) electrons.